The predicted octanol–water partition coefficient (Wildman–Crippen LogP) is 1.28. The molecule has 1 heterocycles. The van der Waals surface area contributed by atoms with E-state index in [1.54, 1.807) is 11.8 Å². The number of alkyl carbamates (subject to hydrolysis) is 1. The molecule has 1 aromatic carbocycles. The number of nitrogens with zero attached hydrogens (tertiary/aromatic N) is 1. The van der Waals surface area contributed by atoms with Crippen LogP contribution in [0.2, 0.25) is 0 Å². The van der Waals surface area contributed by atoms with Crippen molar-refractivity contribution >= 4 is 12.0 Å². The van der Waals surface area contributed by atoms with Crippen molar-refractivity contribution in [3.63, 3.8) is 0 Å². The number of aliphatic hydroxyl groups is 1. The van der Waals surface area contributed by atoms with Crippen LogP contribution in [-0.4, -0.2) is 47.2 Å². The van der Waals surface area contributed by atoms with Crippen molar-refractivity contribution in [2.75, 3.05) is 13.1 Å². The van der Waals surface area contributed by atoms with Gasteiger partial charge in [0.25, 0.3) is 0 Å². The van der Waals surface area contributed by atoms with E-state index < -0.39 is 12.1 Å². The summed E-state index contributed by atoms with van der Waals surface area (Å²) in [6.07, 6.45) is 0.221. The lowest BCUT2D eigenvalue weighted by molar-refractivity contribution is -0.134. The highest BCUT2D eigenvalue weighted by Gasteiger charge is 2.26. The van der Waals surface area contributed by atoms with Crippen LogP contribution in [0.1, 0.15) is 25.3 Å². The first-order chi connectivity index (χ1) is 10.6. The minimum atomic E-state index is -0.640. The average molecular weight is 306 g/mol. The summed E-state index contributed by atoms with van der Waals surface area (Å²) in [5.41, 5.74) is 0.890. The number of nitrogens with one attached hydrogen (secondary N) is 1. The van der Waals surface area contributed by atoms with E-state index in [9.17, 15) is 14.7 Å². The highest BCUT2D eigenvalue weighted by molar-refractivity contribution is 5.85. The summed E-state index contributed by atoms with van der Waals surface area (Å²) in [5, 5.41) is 12.0. The largest absolute Gasteiger partial charge is 0.445 e. The molecule has 22 heavy (non-hydrogen) atoms. The molecule has 0 saturated carbocycles. The third-order valence-electron chi connectivity index (χ3n) is 3.69. The molecule has 1 aliphatic rings. The number of amides is 2. The molecule has 1 aromatic rings. The Hall–Kier alpha value is -2.08. The van der Waals surface area contributed by atoms with Gasteiger partial charge >= 0.3 is 6.09 Å². The first-order valence-corrected chi connectivity index (χ1v) is 7.50. The lowest BCUT2D eigenvalue weighted by atomic mass is 10.1. The molecule has 0 spiro atoms. The Morgan fingerprint density at radius 3 is 2.59 bits per heavy atom. The number of carbonyl (C=O) groups excluding carboxylic acids is 2. The maximum atomic E-state index is 12.2. The molecule has 6 heteroatoms. The number of likely N-dealkylation sites (tertiary alicyclic amines) is 1. The third-order valence-corrected chi connectivity index (χ3v) is 3.69. The predicted molar refractivity (Wildman–Crippen MR) is 81.0 cm³/mol. The zero-order chi connectivity index (χ0) is 15.9. The fraction of sp³-hybridized carbons (Fsp3) is 0.500. The van der Waals surface area contributed by atoms with Crippen molar-refractivity contribution < 1.29 is 19.4 Å². The molecular formula is C16H22N2O4. The normalized spacial score (nSPS) is 16.9. The van der Waals surface area contributed by atoms with E-state index in [2.05, 4.69) is 5.32 Å². The molecule has 120 valence electrons. The maximum absolute atomic E-state index is 12.2. The molecule has 1 fully saturated rings. The smallest absolute Gasteiger partial charge is 0.408 e. The van der Waals surface area contributed by atoms with E-state index in [-0.39, 0.29) is 18.6 Å². The Morgan fingerprint density at radius 1 is 1.32 bits per heavy atom. The quantitative estimate of drug-likeness (QED) is 0.878. The van der Waals surface area contributed by atoms with Gasteiger partial charge in [-0.25, -0.2) is 4.79 Å². The van der Waals surface area contributed by atoms with Crippen LogP contribution < -0.4 is 5.32 Å². The second-order valence-electron chi connectivity index (χ2n) is 5.48. The molecule has 2 rings (SSSR count). The van der Waals surface area contributed by atoms with Crippen molar-refractivity contribution in [1.29, 1.82) is 0 Å². The van der Waals surface area contributed by atoms with E-state index in [0.29, 0.717) is 25.9 Å². The first kappa shape index (κ1) is 16.3. The highest BCUT2D eigenvalue weighted by Crippen LogP contribution is 2.11. The summed E-state index contributed by atoms with van der Waals surface area (Å²) >= 11 is 0. The summed E-state index contributed by atoms with van der Waals surface area (Å²) in [5.74, 6) is -0.149. The van der Waals surface area contributed by atoms with Crippen LogP contribution in [0.5, 0.6) is 0 Å². The van der Waals surface area contributed by atoms with Crippen LogP contribution in [0.4, 0.5) is 4.79 Å². The Morgan fingerprint density at radius 2 is 1.95 bits per heavy atom. The van der Waals surface area contributed by atoms with Gasteiger partial charge in [-0.15, -0.1) is 0 Å². The first-order valence-electron chi connectivity index (χ1n) is 7.50. The van der Waals surface area contributed by atoms with Crippen molar-refractivity contribution in [3.8, 4) is 0 Å². The monoisotopic (exact) mass is 306 g/mol. The van der Waals surface area contributed by atoms with Gasteiger partial charge in [-0.1, -0.05) is 30.3 Å². The topological polar surface area (TPSA) is 78.9 Å². The number of piperidine rings is 1. The molecule has 2 amide bonds. The van der Waals surface area contributed by atoms with Crippen molar-refractivity contribution in [3.05, 3.63) is 35.9 Å². The van der Waals surface area contributed by atoms with Crippen LogP contribution >= 0.6 is 0 Å². The standard InChI is InChI=1S/C16H22N2O4/c1-12(15(20)18-9-7-14(19)8-10-18)17-16(21)22-11-13-5-3-2-4-6-13/h2-6,12,14,19H,7-11H2,1H3,(H,17,21)/t12-/m0/s1. The van der Waals surface area contributed by atoms with Crippen molar-refractivity contribution in [2.45, 2.75) is 38.5 Å². The van der Waals surface area contributed by atoms with E-state index in [1.807, 2.05) is 30.3 Å². The van der Waals surface area contributed by atoms with Gasteiger partial charge in [0.05, 0.1) is 6.10 Å². The molecule has 1 atom stereocenters. The number of carbonyl (C=O) groups is 2. The van der Waals surface area contributed by atoms with Gasteiger partial charge in [0.1, 0.15) is 12.6 Å². The van der Waals surface area contributed by atoms with Crippen molar-refractivity contribution in [2.24, 2.45) is 0 Å². The molecule has 0 aliphatic carbocycles. The zero-order valence-electron chi connectivity index (χ0n) is 12.7. The van der Waals surface area contributed by atoms with Gasteiger partial charge in [-0.05, 0) is 25.3 Å². The Bertz CT molecular complexity index is 498. The van der Waals surface area contributed by atoms with E-state index in [1.165, 1.54) is 0 Å². The van der Waals surface area contributed by atoms with Crippen LogP contribution in [0.3, 0.4) is 0 Å². The summed E-state index contributed by atoms with van der Waals surface area (Å²) < 4.78 is 5.09. The Labute approximate surface area is 130 Å². The minimum Gasteiger partial charge on any atom is -0.445 e. The number of rotatable bonds is 4. The fourth-order valence-electron chi connectivity index (χ4n) is 2.36. The van der Waals surface area contributed by atoms with Gasteiger partial charge in [0, 0.05) is 13.1 Å². The number of aliphatic hydroxyl groups excluding tert-OH is 1. The minimum absolute atomic E-state index is 0.149. The highest BCUT2D eigenvalue weighted by atomic mass is 16.5. The zero-order valence-corrected chi connectivity index (χ0v) is 12.7. The van der Waals surface area contributed by atoms with E-state index in [4.69, 9.17) is 4.74 Å². The van der Waals surface area contributed by atoms with Crippen LogP contribution in [0, 0.1) is 0 Å². The maximum Gasteiger partial charge on any atom is 0.408 e. The van der Waals surface area contributed by atoms with E-state index in [0.717, 1.165) is 5.56 Å². The van der Waals surface area contributed by atoms with Gasteiger partial charge < -0.3 is 20.1 Å². The number of benzene rings is 1. The second kappa shape index (κ2) is 7.79. The summed E-state index contributed by atoms with van der Waals surface area (Å²) in [4.78, 5) is 25.6. The summed E-state index contributed by atoms with van der Waals surface area (Å²) in [6, 6.07) is 8.71. The molecule has 0 bridgehead atoms. The third kappa shape index (κ3) is 4.73. The van der Waals surface area contributed by atoms with Gasteiger partial charge in [0.2, 0.25) is 5.91 Å². The van der Waals surface area contributed by atoms with Gasteiger partial charge in [-0.2, -0.15) is 0 Å². The van der Waals surface area contributed by atoms with Gasteiger partial charge in [-0.3, -0.25) is 4.79 Å². The van der Waals surface area contributed by atoms with Crippen LogP contribution in [0.15, 0.2) is 30.3 Å². The molecule has 6 nitrogen and oxygen atoms in total. The second-order valence-corrected chi connectivity index (χ2v) is 5.48. The molecule has 0 radical (unpaired) electrons. The number of ether oxygens (including phenoxy) is 1. The number of hydrogen-bond donors (Lipinski definition) is 2. The lowest BCUT2D eigenvalue weighted by Gasteiger charge is -2.31. The van der Waals surface area contributed by atoms with Crippen molar-refractivity contribution in [1.82, 2.24) is 10.2 Å². The molecule has 1 aliphatic heterocycles. The molecule has 2 N–H and O–H groups in total. The number of hydrogen-bond acceptors (Lipinski definition) is 4. The summed E-state index contributed by atoms with van der Waals surface area (Å²) in [6.45, 7) is 2.84. The SMILES string of the molecule is C[C@H](NC(=O)OCc1ccccc1)C(=O)N1CCC(O)CC1. The van der Waals surface area contributed by atoms with Crippen LogP contribution in [-0.2, 0) is 16.1 Å². The Balaban J connectivity index is 1.74. The van der Waals surface area contributed by atoms with Gasteiger partial charge in [0.15, 0.2) is 0 Å². The van der Waals surface area contributed by atoms with Crippen LogP contribution in [0.25, 0.3) is 0 Å². The fourth-order valence-corrected chi connectivity index (χ4v) is 2.36. The molecule has 0 aromatic heterocycles. The lowest BCUT2D eigenvalue weighted by Crippen LogP contribution is -2.50. The Kier molecular flexibility index (Phi) is 5.77. The van der Waals surface area contributed by atoms with E-state index >= 15 is 0 Å². The summed E-state index contributed by atoms with van der Waals surface area (Å²) in [7, 11) is 0. The molecule has 0 unspecified atom stereocenters. The molecule has 1 saturated heterocycles. The average Bonchev–Trinajstić information content (AvgIpc) is 2.54. The molecular weight excluding hydrogens is 284 g/mol.